The fraction of sp³-hybridized carbons (Fsp3) is 0.667. The van der Waals surface area contributed by atoms with Gasteiger partial charge in [0.05, 0.1) is 13.2 Å². The third-order valence-corrected chi connectivity index (χ3v) is 3.17. The molecule has 1 aliphatic heterocycles. The molecule has 3 N–H and O–H groups in total. The minimum absolute atomic E-state index is 0.201. The van der Waals surface area contributed by atoms with Crippen LogP contribution in [-0.2, 0) is 11.3 Å². The Bertz CT molecular complexity index is 415. The molecular weight excluding hydrogens is 248 g/mol. The number of hydrazine groups is 1. The standard InChI is InChI=1S/C12H20N4O3/c1-16(6-9-3-2-4-18-8-9)7-10-5-11(15-19-10)12(17)14-13/h5,9H,2-4,6-8,13H2,1H3,(H,14,17). The fourth-order valence-corrected chi connectivity index (χ4v) is 2.29. The van der Waals surface area contributed by atoms with Gasteiger partial charge >= 0.3 is 0 Å². The van der Waals surface area contributed by atoms with Crippen molar-refractivity contribution in [3.05, 3.63) is 17.5 Å². The van der Waals surface area contributed by atoms with Gasteiger partial charge in [-0.3, -0.25) is 15.1 Å². The van der Waals surface area contributed by atoms with Crippen LogP contribution in [0.4, 0.5) is 0 Å². The summed E-state index contributed by atoms with van der Waals surface area (Å²) in [5.41, 5.74) is 2.22. The molecule has 1 fully saturated rings. The first-order valence-corrected chi connectivity index (χ1v) is 6.42. The molecule has 1 aliphatic rings. The van der Waals surface area contributed by atoms with Crippen LogP contribution in [0.3, 0.4) is 0 Å². The molecule has 0 radical (unpaired) electrons. The fourth-order valence-electron chi connectivity index (χ4n) is 2.29. The quantitative estimate of drug-likeness (QED) is 0.448. The van der Waals surface area contributed by atoms with Gasteiger partial charge in [0.15, 0.2) is 11.5 Å². The Morgan fingerprint density at radius 3 is 3.21 bits per heavy atom. The number of nitrogens with one attached hydrogen (secondary N) is 1. The second kappa shape index (κ2) is 6.65. The van der Waals surface area contributed by atoms with Crippen LogP contribution in [0.1, 0.15) is 29.1 Å². The van der Waals surface area contributed by atoms with Crippen LogP contribution in [0.25, 0.3) is 0 Å². The van der Waals surface area contributed by atoms with Gasteiger partial charge in [-0.05, 0) is 25.8 Å². The monoisotopic (exact) mass is 268 g/mol. The van der Waals surface area contributed by atoms with Crippen molar-refractivity contribution in [2.75, 3.05) is 26.8 Å². The first kappa shape index (κ1) is 14.0. The summed E-state index contributed by atoms with van der Waals surface area (Å²) in [5.74, 6) is 5.80. The maximum Gasteiger partial charge on any atom is 0.287 e. The molecule has 1 aromatic rings. The molecule has 2 rings (SSSR count). The number of hydrogen-bond donors (Lipinski definition) is 2. The van der Waals surface area contributed by atoms with E-state index in [2.05, 4.69) is 10.1 Å². The summed E-state index contributed by atoms with van der Waals surface area (Å²) < 4.78 is 10.6. The van der Waals surface area contributed by atoms with Crippen LogP contribution in [-0.4, -0.2) is 42.8 Å². The van der Waals surface area contributed by atoms with Crippen LogP contribution >= 0.6 is 0 Å². The van der Waals surface area contributed by atoms with Crippen molar-refractivity contribution in [3.8, 4) is 0 Å². The lowest BCUT2D eigenvalue weighted by molar-refractivity contribution is 0.0401. The minimum Gasteiger partial charge on any atom is -0.381 e. The van der Waals surface area contributed by atoms with E-state index in [1.54, 1.807) is 6.07 Å². The molecule has 2 heterocycles. The highest BCUT2D eigenvalue weighted by Gasteiger charge is 2.17. The number of nitrogens with zero attached hydrogens (tertiary/aromatic N) is 2. The van der Waals surface area contributed by atoms with E-state index in [-0.39, 0.29) is 5.69 Å². The zero-order chi connectivity index (χ0) is 13.7. The van der Waals surface area contributed by atoms with Crippen molar-refractivity contribution < 1.29 is 14.1 Å². The maximum absolute atomic E-state index is 11.2. The number of carbonyl (C=O) groups excluding carboxylic acids is 1. The molecule has 0 spiro atoms. The van der Waals surface area contributed by atoms with E-state index in [9.17, 15) is 4.79 Å². The van der Waals surface area contributed by atoms with E-state index in [1.165, 1.54) is 6.42 Å². The van der Waals surface area contributed by atoms with E-state index in [4.69, 9.17) is 15.1 Å². The summed E-state index contributed by atoms with van der Waals surface area (Å²) in [4.78, 5) is 13.4. The summed E-state index contributed by atoms with van der Waals surface area (Å²) in [6.45, 7) is 3.25. The summed E-state index contributed by atoms with van der Waals surface area (Å²) in [6, 6.07) is 1.61. The highest BCUT2D eigenvalue weighted by molar-refractivity contribution is 5.91. The SMILES string of the molecule is CN(Cc1cc(C(=O)NN)no1)CC1CCCOC1. The smallest absolute Gasteiger partial charge is 0.287 e. The number of hydrogen-bond acceptors (Lipinski definition) is 6. The van der Waals surface area contributed by atoms with Gasteiger partial charge in [-0.2, -0.15) is 0 Å². The number of rotatable bonds is 5. The van der Waals surface area contributed by atoms with Gasteiger partial charge in [-0.15, -0.1) is 0 Å². The molecule has 19 heavy (non-hydrogen) atoms. The largest absolute Gasteiger partial charge is 0.381 e. The molecule has 1 atom stereocenters. The Balaban J connectivity index is 1.82. The average Bonchev–Trinajstić information content (AvgIpc) is 2.87. The van der Waals surface area contributed by atoms with E-state index < -0.39 is 5.91 Å². The Morgan fingerprint density at radius 1 is 1.68 bits per heavy atom. The van der Waals surface area contributed by atoms with Crippen molar-refractivity contribution in [1.82, 2.24) is 15.5 Å². The third-order valence-electron chi connectivity index (χ3n) is 3.17. The van der Waals surface area contributed by atoms with Gasteiger partial charge in [0.25, 0.3) is 5.91 Å². The molecule has 0 aliphatic carbocycles. The molecular formula is C12H20N4O3. The topological polar surface area (TPSA) is 93.6 Å². The van der Waals surface area contributed by atoms with Crippen LogP contribution < -0.4 is 11.3 Å². The molecule has 0 aromatic carbocycles. The lowest BCUT2D eigenvalue weighted by Gasteiger charge is -2.26. The predicted octanol–water partition coefficient (Wildman–Crippen LogP) is 0.136. The lowest BCUT2D eigenvalue weighted by Crippen LogP contribution is -2.30. The molecule has 7 heteroatoms. The maximum atomic E-state index is 11.2. The third kappa shape index (κ3) is 4.02. The van der Waals surface area contributed by atoms with Crippen molar-refractivity contribution >= 4 is 5.91 Å². The molecule has 1 unspecified atom stereocenters. The Kier molecular flexibility index (Phi) is 4.89. The minimum atomic E-state index is -0.446. The Morgan fingerprint density at radius 2 is 2.53 bits per heavy atom. The first-order valence-electron chi connectivity index (χ1n) is 6.42. The van der Waals surface area contributed by atoms with Crippen molar-refractivity contribution in [3.63, 3.8) is 0 Å². The molecule has 106 valence electrons. The molecule has 1 aromatic heterocycles. The number of carbonyl (C=O) groups is 1. The summed E-state index contributed by atoms with van der Waals surface area (Å²) in [7, 11) is 2.01. The van der Waals surface area contributed by atoms with E-state index >= 15 is 0 Å². The van der Waals surface area contributed by atoms with Crippen molar-refractivity contribution in [2.45, 2.75) is 19.4 Å². The van der Waals surface area contributed by atoms with E-state index in [0.29, 0.717) is 18.2 Å². The molecule has 1 saturated heterocycles. The van der Waals surface area contributed by atoms with Crippen LogP contribution in [0.5, 0.6) is 0 Å². The van der Waals surface area contributed by atoms with Gasteiger partial charge in [0.2, 0.25) is 0 Å². The van der Waals surface area contributed by atoms with Crippen LogP contribution in [0, 0.1) is 5.92 Å². The number of aromatic nitrogens is 1. The molecule has 0 saturated carbocycles. The second-order valence-corrected chi connectivity index (χ2v) is 4.93. The number of amides is 1. The number of nitrogen functional groups attached to an aromatic ring is 1. The van der Waals surface area contributed by atoms with Gasteiger partial charge in [-0.1, -0.05) is 5.16 Å². The highest BCUT2D eigenvalue weighted by Crippen LogP contribution is 2.15. The zero-order valence-corrected chi connectivity index (χ0v) is 11.1. The predicted molar refractivity (Wildman–Crippen MR) is 68.0 cm³/mol. The summed E-state index contributed by atoms with van der Waals surface area (Å²) in [5, 5.41) is 3.67. The number of nitrogens with two attached hydrogens (primary N) is 1. The van der Waals surface area contributed by atoms with Gasteiger partial charge < -0.3 is 9.26 Å². The van der Waals surface area contributed by atoms with E-state index in [1.807, 2.05) is 12.5 Å². The van der Waals surface area contributed by atoms with Crippen LogP contribution in [0.15, 0.2) is 10.6 Å². The molecule has 7 nitrogen and oxygen atoms in total. The lowest BCUT2D eigenvalue weighted by atomic mass is 10.0. The number of ether oxygens (including phenoxy) is 1. The summed E-state index contributed by atoms with van der Waals surface area (Å²) in [6.07, 6.45) is 2.32. The van der Waals surface area contributed by atoms with Crippen LogP contribution in [0.2, 0.25) is 0 Å². The molecule has 1 amide bonds. The first-order chi connectivity index (χ1) is 9.19. The van der Waals surface area contributed by atoms with Gasteiger partial charge in [0, 0.05) is 19.2 Å². The Labute approximate surface area is 112 Å². The van der Waals surface area contributed by atoms with Crippen molar-refractivity contribution in [2.24, 2.45) is 11.8 Å². The van der Waals surface area contributed by atoms with Gasteiger partial charge in [-0.25, -0.2) is 5.84 Å². The van der Waals surface area contributed by atoms with Gasteiger partial charge in [0.1, 0.15) is 0 Å². The highest BCUT2D eigenvalue weighted by atomic mass is 16.5. The Hall–Kier alpha value is -1.44. The molecule has 0 bridgehead atoms. The zero-order valence-electron chi connectivity index (χ0n) is 11.1. The second-order valence-electron chi connectivity index (χ2n) is 4.93. The normalized spacial score (nSPS) is 19.6. The summed E-state index contributed by atoms with van der Waals surface area (Å²) >= 11 is 0. The van der Waals surface area contributed by atoms with E-state index in [0.717, 1.165) is 26.2 Å². The average molecular weight is 268 g/mol. The van der Waals surface area contributed by atoms with Crippen molar-refractivity contribution in [1.29, 1.82) is 0 Å².